The van der Waals surface area contributed by atoms with Crippen molar-refractivity contribution in [3.8, 4) is 0 Å². The maximum atomic E-state index is 13.9. The van der Waals surface area contributed by atoms with Crippen molar-refractivity contribution in [2.45, 2.75) is 38.6 Å². The number of likely N-dealkylation sites (tertiary alicyclic amines) is 2. The zero-order valence-electron chi connectivity index (χ0n) is 14.5. The third-order valence-corrected chi connectivity index (χ3v) is 5.41. The van der Waals surface area contributed by atoms with Gasteiger partial charge < -0.3 is 9.80 Å². The molecule has 0 aliphatic carbocycles. The lowest BCUT2D eigenvalue weighted by molar-refractivity contribution is -0.146. The van der Waals surface area contributed by atoms with Gasteiger partial charge in [-0.25, -0.2) is 4.39 Å². The maximum Gasteiger partial charge on any atom is 0.230 e. The number of nitrogens with zero attached hydrogens (tertiary/aromatic N) is 2. The van der Waals surface area contributed by atoms with Gasteiger partial charge in [-0.1, -0.05) is 24.3 Å². The fourth-order valence-electron chi connectivity index (χ4n) is 3.98. The number of piperidine rings is 1. The summed E-state index contributed by atoms with van der Waals surface area (Å²) < 4.78 is 13.9. The van der Waals surface area contributed by atoms with Crippen LogP contribution in [0.3, 0.4) is 0 Å². The summed E-state index contributed by atoms with van der Waals surface area (Å²) in [6.07, 6.45) is 5.27. The van der Waals surface area contributed by atoms with Crippen LogP contribution in [0.4, 0.5) is 4.39 Å². The van der Waals surface area contributed by atoms with Crippen molar-refractivity contribution < 1.29 is 14.0 Å². The van der Waals surface area contributed by atoms with Gasteiger partial charge in [0.05, 0.1) is 5.41 Å². The number of rotatable bonds is 5. The molecule has 2 amide bonds. The summed E-state index contributed by atoms with van der Waals surface area (Å²) in [4.78, 5) is 28.9. The van der Waals surface area contributed by atoms with E-state index in [2.05, 4.69) is 6.58 Å². The third kappa shape index (κ3) is 3.60. The van der Waals surface area contributed by atoms with Crippen molar-refractivity contribution in [2.24, 2.45) is 5.41 Å². The van der Waals surface area contributed by atoms with Crippen molar-refractivity contribution in [1.82, 2.24) is 9.80 Å². The highest BCUT2D eigenvalue weighted by molar-refractivity contribution is 5.86. The van der Waals surface area contributed by atoms with E-state index in [1.807, 2.05) is 4.90 Å². The summed E-state index contributed by atoms with van der Waals surface area (Å²) >= 11 is 0. The van der Waals surface area contributed by atoms with E-state index < -0.39 is 5.41 Å². The largest absolute Gasteiger partial charge is 0.342 e. The van der Waals surface area contributed by atoms with Gasteiger partial charge in [-0.15, -0.1) is 6.58 Å². The predicted molar refractivity (Wildman–Crippen MR) is 94.1 cm³/mol. The van der Waals surface area contributed by atoms with E-state index in [1.165, 1.54) is 6.07 Å². The molecule has 2 heterocycles. The molecule has 134 valence electrons. The topological polar surface area (TPSA) is 40.6 Å². The number of hydrogen-bond donors (Lipinski definition) is 0. The molecule has 5 heteroatoms. The van der Waals surface area contributed by atoms with Gasteiger partial charge in [0.1, 0.15) is 5.82 Å². The van der Waals surface area contributed by atoms with Crippen LogP contribution in [0, 0.1) is 11.2 Å². The van der Waals surface area contributed by atoms with Gasteiger partial charge in [-0.05, 0) is 31.7 Å². The summed E-state index contributed by atoms with van der Waals surface area (Å²) in [5, 5.41) is 0. The molecule has 2 saturated heterocycles. The summed E-state index contributed by atoms with van der Waals surface area (Å²) in [7, 11) is 0. The molecule has 0 aromatic heterocycles. The lowest BCUT2D eigenvalue weighted by atomic mass is 9.78. The Morgan fingerprint density at radius 2 is 2.08 bits per heavy atom. The van der Waals surface area contributed by atoms with Crippen molar-refractivity contribution in [2.75, 3.05) is 19.6 Å². The highest BCUT2D eigenvalue weighted by Gasteiger charge is 2.49. The van der Waals surface area contributed by atoms with Crippen molar-refractivity contribution in [1.29, 1.82) is 0 Å². The molecular formula is C20H25FN2O2. The number of amides is 2. The van der Waals surface area contributed by atoms with Crippen LogP contribution >= 0.6 is 0 Å². The molecular weight excluding hydrogens is 319 g/mol. The second-order valence-electron chi connectivity index (χ2n) is 7.09. The fourth-order valence-corrected chi connectivity index (χ4v) is 3.98. The van der Waals surface area contributed by atoms with Gasteiger partial charge in [-0.2, -0.15) is 0 Å². The molecule has 25 heavy (non-hydrogen) atoms. The molecule has 1 aromatic carbocycles. The first-order valence-electron chi connectivity index (χ1n) is 8.97. The molecule has 1 aromatic rings. The molecule has 1 atom stereocenters. The lowest BCUT2D eigenvalue weighted by Crippen LogP contribution is -2.50. The van der Waals surface area contributed by atoms with Crippen LogP contribution in [0.1, 0.15) is 37.7 Å². The van der Waals surface area contributed by atoms with Gasteiger partial charge >= 0.3 is 0 Å². The second-order valence-corrected chi connectivity index (χ2v) is 7.09. The Morgan fingerprint density at radius 3 is 2.84 bits per heavy atom. The Kier molecular flexibility index (Phi) is 5.21. The Morgan fingerprint density at radius 1 is 1.28 bits per heavy atom. The summed E-state index contributed by atoms with van der Waals surface area (Å²) in [6.45, 7) is 5.73. The van der Waals surface area contributed by atoms with Crippen molar-refractivity contribution >= 4 is 11.8 Å². The summed E-state index contributed by atoms with van der Waals surface area (Å²) in [6, 6.07) is 6.60. The van der Waals surface area contributed by atoms with E-state index in [1.54, 1.807) is 29.2 Å². The average molecular weight is 344 g/mol. The molecule has 0 radical (unpaired) electrons. The monoisotopic (exact) mass is 344 g/mol. The Bertz CT molecular complexity index is 675. The normalized spacial score (nSPS) is 23.3. The van der Waals surface area contributed by atoms with Crippen LogP contribution in [0.2, 0.25) is 0 Å². The average Bonchev–Trinajstić information content (AvgIpc) is 3.04. The van der Waals surface area contributed by atoms with Gasteiger partial charge in [-0.3, -0.25) is 9.59 Å². The van der Waals surface area contributed by atoms with Crippen LogP contribution in [0.25, 0.3) is 0 Å². The minimum absolute atomic E-state index is 0.0704. The minimum Gasteiger partial charge on any atom is -0.342 e. The van der Waals surface area contributed by atoms with Gasteiger partial charge in [0.15, 0.2) is 0 Å². The molecule has 0 bridgehead atoms. The fraction of sp³-hybridized carbons (Fsp3) is 0.500. The molecule has 3 rings (SSSR count). The number of carbonyl (C=O) groups is 2. The van der Waals surface area contributed by atoms with E-state index in [9.17, 15) is 14.0 Å². The van der Waals surface area contributed by atoms with Crippen LogP contribution < -0.4 is 0 Å². The van der Waals surface area contributed by atoms with Crippen molar-refractivity contribution in [3.63, 3.8) is 0 Å². The number of benzene rings is 1. The first kappa shape index (κ1) is 17.6. The number of carbonyl (C=O) groups excluding carboxylic acids is 2. The van der Waals surface area contributed by atoms with Crippen LogP contribution in [0.15, 0.2) is 36.9 Å². The predicted octanol–water partition coefficient (Wildman–Crippen LogP) is 3.13. The zero-order chi connectivity index (χ0) is 17.9. The van der Waals surface area contributed by atoms with Crippen LogP contribution in [-0.2, 0) is 16.1 Å². The van der Waals surface area contributed by atoms with Crippen LogP contribution in [-0.4, -0.2) is 41.2 Å². The number of hydrogen-bond acceptors (Lipinski definition) is 2. The summed E-state index contributed by atoms with van der Waals surface area (Å²) in [5.41, 5.74) is 0.0673. The molecule has 0 N–H and O–H groups in total. The van der Waals surface area contributed by atoms with E-state index in [4.69, 9.17) is 0 Å². The van der Waals surface area contributed by atoms with E-state index >= 15 is 0 Å². The van der Waals surface area contributed by atoms with E-state index in [0.29, 0.717) is 51.0 Å². The van der Waals surface area contributed by atoms with Gasteiger partial charge in [0.25, 0.3) is 0 Å². The Hall–Kier alpha value is -2.17. The first-order valence-corrected chi connectivity index (χ1v) is 8.97. The van der Waals surface area contributed by atoms with Crippen LogP contribution in [0.5, 0.6) is 0 Å². The second kappa shape index (κ2) is 7.38. The maximum absolute atomic E-state index is 13.9. The molecule has 2 aliphatic rings. The van der Waals surface area contributed by atoms with Gasteiger partial charge in [0, 0.05) is 38.2 Å². The summed E-state index contributed by atoms with van der Waals surface area (Å²) in [5.74, 6) is -0.112. The quantitative estimate of drug-likeness (QED) is 0.770. The number of halogens is 1. The molecule has 1 unspecified atom stereocenters. The standard InChI is InChI=1S/C20H25FN2O2/c1-2-3-9-18(24)23-13-11-20(15-23)10-6-12-22(19(20)25)14-16-7-4-5-8-17(16)21/h2,4-5,7-8H,1,3,6,9-15H2. The zero-order valence-corrected chi connectivity index (χ0v) is 14.5. The number of allylic oxidation sites excluding steroid dienone is 1. The highest BCUT2D eigenvalue weighted by Crippen LogP contribution is 2.40. The highest BCUT2D eigenvalue weighted by atomic mass is 19.1. The Labute approximate surface area is 148 Å². The molecule has 4 nitrogen and oxygen atoms in total. The Balaban J connectivity index is 1.69. The molecule has 2 fully saturated rings. The third-order valence-electron chi connectivity index (χ3n) is 5.41. The molecule has 2 aliphatic heterocycles. The van der Waals surface area contributed by atoms with E-state index in [-0.39, 0.29) is 17.6 Å². The van der Waals surface area contributed by atoms with Gasteiger partial charge in [0.2, 0.25) is 11.8 Å². The lowest BCUT2D eigenvalue weighted by Gasteiger charge is -2.39. The molecule has 0 saturated carbocycles. The van der Waals surface area contributed by atoms with E-state index in [0.717, 1.165) is 12.8 Å². The minimum atomic E-state index is -0.479. The smallest absolute Gasteiger partial charge is 0.230 e. The van der Waals surface area contributed by atoms with Crippen molar-refractivity contribution in [3.05, 3.63) is 48.3 Å². The molecule has 1 spiro atoms. The first-order chi connectivity index (χ1) is 12.1. The SMILES string of the molecule is C=CCCC(=O)N1CCC2(CCCN(Cc3ccccc3F)C2=O)C1.